The highest BCUT2D eigenvalue weighted by molar-refractivity contribution is 5.04. The van der Waals surface area contributed by atoms with E-state index in [0.29, 0.717) is 11.1 Å². The molecule has 1 atom stereocenters. The zero-order valence-electron chi connectivity index (χ0n) is 14.1. The van der Waals surface area contributed by atoms with Crippen molar-refractivity contribution in [1.29, 1.82) is 0 Å². The lowest BCUT2D eigenvalue weighted by molar-refractivity contribution is -0.0267. The van der Waals surface area contributed by atoms with E-state index in [1.54, 1.807) is 0 Å². The normalized spacial score (nSPS) is 35.1. The second-order valence-electron chi connectivity index (χ2n) is 7.98. The predicted molar refractivity (Wildman–Crippen MR) is 87.6 cm³/mol. The molecule has 0 aromatic carbocycles. The Hall–Kier alpha value is -0.120. The minimum Gasteiger partial charge on any atom is -0.381 e. The fourth-order valence-corrected chi connectivity index (χ4v) is 4.54. The molecule has 0 amide bonds. The Morgan fingerprint density at radius 3 is 2.52 bits per heavy atom. The molecular weight excluding hydrogens is 260 g/mol. The maximum Gasteiger partial charge on any atom is 0.0469 e. The minimum atomic E-state index is 0.348. The van der Waals surface area contributed by atoms with Crippen LogP contribution in [0.4, 0.5) is 0 Å². The van der Waals surface area contributed by atoms with E-state index in [1.165, 1.54) is 71.0 Å². The van der Waals surface area contributed by atoms with Crippen molar-refractivity contribution in [3.63, 3.8) is 0 Å². The first-order valence-corrected chi connectivity index (χ1v) is 9.24. The van der Waals surface area contributed by atoms with Crippen molar-refractivity contribution in [3.05, 3.63) is 0 Å². The highest BCUT2D eigenvalue weighted by Crippen LogP contribution is 2.36. The van der Waals surface area contributed by atoms with Gasteiger partial charge in [0.2, 0.25) is 0 Å². The first-order chi connectivity index (χ1) is 10.2. The number of nitrogens with zero attached hydrogens (tertiary/aromatic N) is 1. The lowest BCUT2D eigenvalue weighted by atomic mass is 9.76. The smallest absolute Gasteiger partial charge is 0.0469 e. The van der Waals surface area contributed by atoms with Gasteiger partial charge in [-0.1, -0.05) is 26.2 Å². The fourth-order valence-electron chi connectivity index (χ4n) is 4.54. The summed E-state index contributed by atoms with van der Waals surface area (Å²) in [6, 6.07) is 0. The molecule has 0 bridgehead atoms. The Bertz CT molecular complexity index is 334. The molecule has 1 aliphatic carbocycles. The Labute approximate surface area is 130 Å². The molecule has 1 N–H and O–H groups in total. The van der Waals surface area contributed by atoms with Crippen molar-refractivity contribution in [2.75, 3.05) is 32.8 Å². The second-order valence-corrected chi connectivity index (χ2v) is 7.98. The van der Waals surface area contributed by atoms with Crippen LogP contribution in [0.25, 0.3) is 0 Å². The standard InChI is InChI=1S/C18H34N2O/c1-3-17(2)14-19-18(9-5-4-6-10-18)15-20(17)13-16-7-11-21-12-8-16/h16,19H,3-15H2,1-2H3. The minimum absolute atomic E-state index is 0.348. The molecule has 3 rings (SSSR count). The van der Waals surface area contributed by atoms with E-state index in [4.69, 9.17) is 4.74 Å². The van der Waals surface area contributed by atoms with E-state index in [-0.39, 0.29) is 0 Å². The van der Waals surface area contributed by atoms with Crippen LogP contribution in [0.3, 0.4) is 0 Å². The number of rotatable bonds is 3. The maximum absolute atomic E-state index is 5.55. The third-order valence-corrected chi connectivity index (χ3v) is 6.49. The summed E-state index contributed by atoms with van der Waals surface area (Å²) >= 11 is 0. The molecule has 3 fully saturated rings. The van der Waals surface area contributed by atoms with Crippen LogP contribution in [0, 0.1) is 5.92 Å². The van der Waals surface area contributed by atoms with E-state index < -0.39 is 0 Å². The van der Waals surface area contributed by atoms with Crippen LogP contribution >= 0.6 is 0 Å². The van der Waals surface area contributed by atoms with Crippen molar-refractivity contribution in [1.82, 2.24) is 10.2 Å². The number of hydrogen-bond donors (Lipinski definition) is 1. The Balaban J connectivity index is 1.68. The lowest BCUT2D eigenvalue weighted by Crippen LogP contribution is -2.69. The number of nitrogens with one attached hydrogen (secondary N) is 1. The van der Waals surface area contributed by atoms with Crippen LogP contribution < -0.4 is 5.32 Å². The molecule has 3 aliphatic rings. The van der Waals surface area contributed by atoms with Crippen LogP contribution in [0.2, 0.25) is 0 Å². The van der Waals surface area contributed by atoms with Gasteiger partial charge >= 0.3 is 0 Å². The van der Waals surface area contributed by atoms with Crippen molar-refractivity contribution < 1.29 is 4.74 Å². The highest BCUT2D eigenvalue weighted by atomic mass is 16.5. The van der Waals surface area contributed by atoms with Crippen LogP contribution in [0.5, 0.6) is 0 Å². The fraction of sp³-hybridized carbons (Fsp3) is 1.00. The van der Waals surface area contributed by atoms with Crippen molar-refractivity contribution >= 4 is 0 Å². The molecule has 0 aromatic rings. The number of hydrogen-bond acceptors (Lipinski definition) is 3. The van der Waals surface area contributed by atoms with Gasteiger partial charge in [0.1, 0.15) is 0 Å². The maximum atomic E-state index is 5.55. The third-order valence-electron chi connectivity index (χ3n) is 6.49. The van der Waals surface area contributed by atoms with Crippen molar-refractivity contribution in [2.24, 2.45) is 5.92 Å². The summed E-state index contributed by atoms with van der Waals surface area (Å²) in [5.74, 6) is 0.850. The molecule has 2 saturated heterocycles. The molecule has 0 radical (unpaired) electrons. The van der Waals surface area contributed by atoms with Crippen molar-refractivity contribution in [3.8, 4) is 0 Å². The van der Waals surface area contributed by atoms with Crippen LogP contribution in [-0.2, 0) is 4.74 Å². The van der Waals surface area contributed by atoms with Gasteiger partial charge in [-0.25, -0.2) is 0 Å². The quantitative estimate of drug-likeness (QED) is 0.865. The first kappa shape index (κ1) is 15.8. The Kier molecular flexibility index (Phi) is 4.92. The Morgan fingerprint density at radius 1 is 1.14 bits per heavy atom. The van der Waals surface area contributed by atoms with Gasteiger partial charge in [0.25, 0.3) is 0 Å². The number of ether oxygens (including phenoxy) is 1. The van der Waals surface area contributed by atoms with Gasteiger partial charge in [-0.3, -0.25) is 4.90 Å². The third kappa shape index (κ3) is 3.46. The molecule has 3 heteroatoms. The predicted octanol–water partition coefficient (Wildman–Crippen LogP) is 3.19. The summed E-state index contributed by atoms with van der Waals surface area (Å²) < 4.78 is 5.55. The van der Waals surface area contributed by atoms with Gasteiger partial charge in [0, 0.05) is 43.9 Å². The van der Waals surface area contributed by atoms with Gasteiger partial charge in [0.15, 0.2) is 0 Å². The molecule has 1 saturated carbocycles. The number of piperazine rings is 1. The van der Waals surface area contributed by atoms with Gasteiger partial charge in [-0.05, 0) is 44.9 Å². The average molecular weight is 294 g/mol. The largest absolute Gasteiger partial charge is 0.381 e. The average Bonchev–Trinajstić information content (AvgIpc) is 2.53. The molecule has 2 heterocycles. The van der Waals surface area contributed by atoms with E-state index >= 15 is 0 Å². The van der Waals surface area contributed by atoms with Gasteiger partial charge < -0.3 is 10.1 Å². The SMILES string of the molecule is CCC1(C)CNC2(CCCCC2)CN1CC1CCOCC1. The molecule has 1 spiro atoms. The van der Waals surface area contributed by atoms with E-state index in [1.807, 2.05) is 0 Å². The zero-order chi connectivity index (χ0) is 14.8. The Morgan fingerprint density at radius 2 is 1.86 bits per heavy atom. The van der Waals surface area contributed by atoms with Gasteiger partial charge in [-0.15, -0.1) is 0 Å². The molecule has 3 nitrogen and oxygen atoms in total. The molecular formula is C18H34N2O. The van der Waals surface area contributed by atoms with E-state index in [0.717, 1.165) is 19.1 Å². The first-order valence-electron chi connectivity index (χ1n) is 9.24. The monoisotopic (exact) mass is 294 g/mol. The summed E-state index contributed by atoms with van der Waals surface area (Å²) in [7, 11) is 0. The summed E-state index contributed by atoms with van der Waals surface area (Å²) in [6.45, 7) is 10.5. The molecule has 122 valence electrons. The zero-order valence-corrected chi connectivity index (χ0v) is 14.1. The van der Waals surface area contributed by atoms with Gasteiger partial charge in [0.05, 0.1) is 0 Å². The highest BCUT2D eigenvalue weighted by Gasteiger charge is 2.44. The molecule has 21 heavy (non-hydrogen) atoms. The van der Waals surface area contributed by atoms with Crippen LogP contribution in [-0.4, -0.2) is 48.8 Å². The summed E-state index contributed by atoms with van der Waals surface area (Å²) in [6.07, 6.45) is 10.8. The summed E-state index contributed by atoms with van der Waals surface area (Å²) in [4.78, 5) is 2.85. The molecule has 2 aliphatic heterocycles. The van der Waals surface area contributed by atoms with E-state index in [2.05, 4.69) is 24.1 Å². The van der Waals surface area contributed by atoms with Crippen molar-refractivity contribution in [2.45, 2.75) is 76.3 Å². The second kappa shape index (κ2) is 6.55. The molecule has 0 aromatic heterocycles. The molecule has 1 unspecified atom stereocenters. The summed E-state index contributed by atoms with van der Waals surface area (Å²) in [5, 5.41) is 3.98. The topological polar surface area (TPSA) is 24.5 Å². The summed E-state index contributed by atoms with van der Waals surface area (Å²) in [5.41, 5.74) is 0.777. The lowest BCUT2D eigenvalue weighted by Gasteiger charge is -2.55. The van der Waals surface area contributed by atoms with Gasteiger partial charge in [-0.2, -0.15) is 0 Å². The van der Waals surface area contributed by atoms with Crippen LogP contribution in [0.1, 0.15) is 65.2 Å². The van der Waals surface area contributed by atoms with E-state index in [9.17, 15) is 0 Å². The van der Waals surface area contributed by atoms with Crippen LogP contribution in [0.15, 0.2) is 0 Å².